The van der Waals surface area contributed by atoms with E-state index in [4.69, 9.17) is 5.73 Å². The van der Waals surface area contributed by atoms with Crippen LogP contribution in [0.25, 0.3) is 0 Å². The molecule has 108 valence electrons. The summed E-state index contributed by atoms with van der Waals surface area (Å²) in [5.41, 5.74) is 5.98. The summed E-state index contributed by atoms with van der Waals surface area (Å²) in [4.78, 5) is 0. The van der Waals surface area contributed by atoms with Crippen LogP contribution in [0.5, 0.6) is 0 Å². The molecule has 0 radical (unpaired) electrons. The van der Waals surface area contributed by atoms with Gasteiger partial charge in [0.2, 0.25) is 0 Å². The molecule has 0 spiro atoms. The zero-order chi connectivity index (χ0) is 14.5. The second-order valence-electron chi connectivity index (χ2n) is 4.84. The van der Waals surface area contributed by atoms with Gasteiger partial charge in [-0.1, -0.05) is 12.1 Å². The molecule has 1 aromatic carbocycles. The number of hydrogen-bond acceptors (Lipinski definition) is 2. The highest BCUT2D eigenvalue weighted by Gasteiger charge is 2.29. The average Bonchev–Trinajstić information content (AvgIpc) is 2.30. The zero-order valence-corrected chi connectivity index (χ0v) is 12.3. The number of nitrogens with one attached hydrogen (secondary N) is 1. The summed E-state index contributed by atoms with van der Waals surface area (Å²) < 4.78 is 37.4. The smallest absolute Gasteiger partial charge is 0.378 e. The first-order chi connectivity index (χ1) is 8.76. The van der Waals surface area contributed by atoms with E-state index in [0.29, 0.717) is 6.42 Å². The largest absolute Gasteiger partial charge is 0.389 e. The van der Waals surface area contributed by atoms with Gasteiger partial charge in [-0.05, 0) is 47.8 Å². The number of alkyl halides is 3. The topological polar surface area (TPSA) is 38.0 Å². The van der Waals surface area contributed by atoms with Crippen molar-refractivity contribution in [1.29, 1.82) is 0 Å². The summed E-state index contributed by atoms with van der Waals surface area (Å²) in [6, 6.07) is 7.47. The van der Waals surface area contributed by atoms with E-state index in [0.717, 1.165) is 10.2 Å². The average molecular weight is 339 g/mol. The van der Waals surface area contributed by atoms with Crippen LogP contribution in [0.3, 0.4) is 0 Å². The Balaban J connectivity index is 2.63. The minimum absolute atomic E-state index is 0.0641. The Kier molecular flexibility index (Phi) is 5.67. The minimum Gasteiger partial charge on any atom is -0.378 e. The quantitative estimate of drug-likeness (QED) is 0.810. The molecule has 3 N–H and O–H groups in total. The number of rotatable bonds is 6. The Bertz CT molecular complexity index is 409. The SMILES string of the molecule is CC(CN)(CCCC(F)(F)F)Nc1ccccc1Br. The van der Waals surface area contributed by atoms with Crippen molar-refractivity contribution in [3.05, 3.63) is 28.7 Å². The summed E-state index contributed by atoms with van der Waals surface area (Å²) in [5.74, 6) is 0. The molecule has 0 aliphatic rings. The second kappa shape index (κ2) is 6.61. The first kappa shape index (κ1) is 16.3. The summed E-state index contributed by atoms with van der Waals surface area (Å²) in [6.07, 6.45) is -4.46. The van der Waals surface area contributed by atoms with E-state index in [-0.39, 0.29) is 13.0 Å². The van der Waals surface area contributed by atoms with Gasteiger partial charge in [0.15, 0.2) is 0 Å². The Hall–Kier alpha value is -0.750. The van der Waals surface area contributed by atoms with Gasteiger partial charge in [0, 0.05) is 28.7 Å². The van der Waals surface area contributed by atoms with Crippen molar-refractivity contribution in [2.75, 3.05) is 11.9 Å². The number of anilines is 1. The number of benzene rings is 1. The first-order valence-corrected chi connectivity index (χ1v) is 6.85. The van der Waals surface area contributed by atoms with Crippen LogP contribution in [0.2, 0.25) is 0 Å². The molecule has 1 atom stereocenters. The van der Waals surface area contributed by atoms with Gasteiger partial charge in [-0.15, -0.1) is 0 Å². The molecule has 19 heavy (non-hydrogen) atoms. The van der Waals surface area contributed by atoms with E-state index in [9.17, 15) is 13.2 Å². The van der Waals surface area contributed by atoms with E-state index in [1.165, 1.54) is 0 Å². The zero-order valence-electron chi connectivity index (χ0n) is 10.7. The lowest BCUT2D eigenvalue weighted by atomic mass is 9.94. The third-order valence-electron chi connectivity index (χ3n) is 2.95. The van der Waals surface area contributed by atoms with E-state index >= 15 is 0 Å². The fourth-order valence-electron chi connectivity index (χ4n) is 1.78. The van der Waals surface area contributed by atoms with Crippen molar-refractivity contribution >= 4 is 21.6 Å². The lowest BCUT2D eigenvalue weighted by Gasteiger charge is -2.31. The van der Waals surface area contributed by atoms with Crippen molar-refractivity contribution in [2.24, 2.45) is 5.73 Å². The maximum atomic E-state index is 12.2. The maximum Gasteiger partial charge on any atom is 0.389 e. The van der Waals surface area contributed by atoms with Gasteiger partial charge in [0.25, 0.3) is 0 Å². The molecule has 0 saturated heterocycles. The molecular weight excluding hydrogens is 321 g/mol. The fourth-order valence-corrected chi connectivity index (χ4v) is 2.17. The van der Waals surface area contributed by atoms with Crippen LogP contribution in [0, 0.1) is 0 Å². The Morgan fingerprint density at radius 1 is 1.21 bits per heavy atom. The molecule has 1 aromatic rings. The van der Waals surface area contributed by atoms with Crippen molar-refractivity contribution < 1.29 is 13.2 Å². The highest BCUT2D eigenvalue weighted by Crippen LogP contribution is 2.29. The maximum absolute atomic E-state index is 12.2. The highest BCUT2D eigenvalue weighted by atomic mass is 79.9. The molecule has 1 unspecified atom stereocenters. The molecule has 0 aliphatic carbocycles. The predicted molar refractivity (Wildman–Crippen MR) is 75.1 cm³/mol. The molecule has 0 aliphatic heterocycles. The first-order valence-electron chi connectivity index (χ1n) is 6.05. The predicted octanol–water partition coefficient (Wildman–Crippen LogP) is 4.31. The van der Waals surface area contributed by atoms with Crippen LogP contribution in [0.15, 0.2) is 28.7 Å². The molecule has 1 rings (SSSR count). The van der Waals surface area contributed by atoms with Crippen LogP contribution >= 0.6 is 15.9 Å². The van der Waals surface area contributed by atoms with Crippen LogP contribution in [0.1, 0.15) is 26.2 Å². The number of nitrogens with two attached hydrogens (primary N) is 1. The van der Waals surface area contributed by atoms with Gasteiger partial charge in [-0.25, -0.2) is 0 Å². The van der Waals surface area contributed by atoms with Crippen molar-refractivity contribution in [3.8, 4) is 0 Å². The normalized spacial score (nSPS) is 15.1. The Morgan fingerprint density at radius 3 is 2.37 bits per heavy atom. The van der Waals surface area contributed by atoms with Crippen molar-refractivity contribution in [1.82, 2.24) is 0 Å². The van der Waals surface area contributed by atoms with E-state index < -0.39 is 18.1 Å². The van der Waals surface area contributed by atoms with E-state index in [1.54, 1.807) is 0 Å². The van der Waals surface area contributed by atoms with Crippen molar-refractivity contribution in [3.63, 3.8) is 0 Å². The van der Waals surface area contributed by atoms with Gasteiger partial charge in [-0.3, -0.25) is 0 Å². The summed E-state index contributed by atoms with van der Waals surface area (Å²) in [6.45, 7) is 2.11. The lowest BCUT2D eigenvalue weighted by molar-refractivity contribution is -0.136. The third-order valence-corrected chi connectivity index (χ3v) is 3.64. The van der Waals surface area contributed by atoms with Gasteiger partial charge >= 0.3 is 6.18 Å². The van der Waals surface area contributed by atoms with Crippen molar-refractivity contribution in [2.45, 2.75) is 37.9 Å². The van der Waals surface area contributed by atoms with Crippen LogP contribution in [-0.2, 0) is 0 Å². The molecule has 2 nitrogen and oxygen atoms in total. The molecule has 0 bridgehead atoms. The standard InChI is InChI=1S/C13H18BrF3N2/c1-12(9-18,7-4-8-13(15,16)17)19-11-6-3-2-5-10(11)14/h2-3,5-6,19H,4,7-9,18H2,1H3. The highest BCUT2D eigenvalue weighted by molar-refractivity contribution is 9.10. The van der Waals surface area contributed by atoms with Crippen LogP contribution < -0.4 is 11.1 Å². The van der Waals surface area contributed by atoms with Crippen LogP contribution in [0.4, 0.5) is 18.9 Å². The van der Waals surface area contributed by atoms with E-state index in [2.05, 4.69) is 21.2 Å². The third kappa shape index (κ3) is 5.82. The number of para-hydroxylation sites is 1. The van der Waals surface area contributed by atoms with Gasteiger partial charge < -0.3 is 11.1 Å². The van der Waals surface area contributed by atoms with Gasteiger partial charge in [-0.2, -0.15) is 13.2 Å². The van der Waals surface area contributed by atoms with Gasteiger partial charge in [0.05, 0.1) is 0 Å². The summed E-state index contributed by atoms with van der Waals surface area (Å²) in [7, 11) is 0. The Labute approximate surface area is 119 Å². The number of halogens is 4. The van der Waals surface area contributed by atoms with Crippen LogP contribution in [-0.4, -0.2) is 18.3 Å². The molecule has 6 heteroatoms. The lowest BCUT2D eigenvalue weighted by Crippen LogP contribution is -2.42. The molecule has 0 heterocycles. The Morgan fingerprint density at radius 2 is 1.84 bits per heavy atom. The summed E-state index contributed by atoms with van der Waals surface area (Å²) in [5, 5.41) is 3.22. The molecule has 0 saturated carbocycles. The molecule has 0 amide bonds. The molecular formula is C13H18BrF3N2. The summed E-state index contributed by atoms with van der Waals surface area (Å²) >= 11 is 3.39. The fraction of sp³-hybridized carbons (Fsp3) is 0.538. The molecule has 0 aromatic heterocycles. The minimum atomic E-state index is -4.11. The van der Waals surface area contributed by atoms with Gasteiger partial charge in [0.1, 0.15) is 0 Å². The van der Waals surface area contributed by atoms with E-state index in [1.807, 2.05) is 31.2 Å². The second-order valence-corrected chi connectivity index (χ2v) is 5.69. The number of hydrogen-bond donors (Lipinski definition) is 2. The monoisotopic (exact) mass is 338 g/mol. The molecule has 0 fully saturated rings.